The minimum absolute atomic E-state index is 0.0177. The number of thioether (sulfide) groups is 1. The highest BCUT2D eigenvalue weighted by molar-refractivity contribution is 7.99. The maximum atomic E-state index is 13.1. The summed E-state index contributed by atoms with van der Waals surface area (Å²) in [6.45, 7) is 7.79. The summed E-state index contributed by atoms with van der Waals surface area (Å²) in [6, 6.07) is 7.54. The fourth-order valence-electron chi connectivity index (χ4n) is 2.67. The molecule has 1 aliphatic heterocycles. The van der Waals surface area contributed by atoms with E-state index in [2.05, 4.69) is 5.32 Å². The zero-order valence-electron chi connectivity index (χ0n) is 17.9. The third-order valence-electron chi connectivity index (χ3n) is 4.26. The average molecular weight is 442 g/mol. The highest BCUT2D eigenvalue weighted by Gasteiger charge is 2.16. The number of carbonyl (C=O) groups excluding carboxylic acids is 1. The summed E-state index contributed by atoms with van der Waals surface area (Å²) in [5.41, 5.74) is -0.295. The second-order valence-electron chi connectivity index (χ2n) is 8.07. The van der Waals surface area contributed by atoms with Gasteiger partial charge in [-0.1, -0.05) is 11.8 Å². The lowest BCUT2D eigenvalue weighted by atomic mass is 10.0. The minimum atomic E-state index is -0.601. The SMILES string of the molecule is CC(C)(C)OC(=O)NC/C(=C\F)COc1ccc(SCOCC2CCOCC2)cc1. The van der Waals surface area contributed by atoms with Gasteiger partial charge in [0.1, 0.15) is 18.0 Å². The van der Waals surface area contributed by atoms with E-state index >= 15 is 0 Å². The van der Waals surface area contributed by atoms with Gasteiger partial charge in [-0.15, -0.1) is 0 Å². The summed E-state index contributed by atoms with van der Waals surface area (Å²) >= 11 is 1.62. The third kappa shape index (κ3) is 10.3. The third-order valence-corrected chi connectivity index (χ3v) is 5.15. The molecule has 168 valence electrons. The second-order valence-corrected chi connectivity index (χ2v) is 9.07. The number of amides is 1. The van der Waals surface area contributed by atoms with Gasteiger partial charge in [-0.2, -0.15) is 0 Å². The van der Waals surface area contributed by atoms with Crippen LogP contribution >= 0.6 is 11.8 Å². The molecule has 0 aromatic heterocycles. The van der Waals surface area contributed by atoms with Gasteiger partial charge in [0, 0.05) is 30.2 Å². The molecule has 2 rings (SSSR count). The van der Waals surface area contributed by atoms with Gasteiger partial charge in [-0.05, 0) is 63.8 Å². The first kappa shape index (κ1) is 24.5. The van der Waals surface area contributed by atoms with Crippen LogP contribution in [0.5, 0.6) is 5.75 Å². The largest absolute Gasteiger partial charge is 0.489 e. The molecule has 1 fully saturated rings. The molecule has 1 N–H and O–H groups in total. The number of hydrogen-bond acceptors (Lipinski definition) is 6. The number of alkyl carbamates (subject to hydrolysis) is 1. The Bertz CT molecular complexity index is 669. The summed E-state index contributed by atoms with van der Waals surface area (Å²) in [5.74, 6) is 1.82. The number of benzene rings is 1. The van der Waals surface area contributed by atoms with Crippen molar-refractivity contribution in [2.45, 2.75) is 44.1 Å². The highest BCUT2D eigenvalue weighted by atomic mass is 32.2. The van der Waals surface area contributed by atoms with Crippen molar-refractivity contribution in [1.29, 1.82) is 0 Å². The Morgan fingerprint density at radius 3 is 2.60 bits per heavy atom. The molecule has 0 saturated carbocycles. The molecule has 1 aromatic carbocycles. The number of halogens is 1. The lowest BCUT2D eigenvalue weighted by Gasteiger charge is -2.21. The Hall–Kier alpha value is -1.77. The van der Waals surface area contributed by atoms with Gasteiger partial charge in [0.25, 0.3) is 0 Å². The number of rotatable bonds is 10. The Labute approximate surface area is 182 Å². The molecule has 0 unspecified atom stereocenters. The van der Waals surface area contributed by atoms with Crippen molar-refractivity contribution in [1.82, 2.24) is 5.32 Å². The van der Waals surface area contributed by atoms with Crippen molar-refractivity contribution in [2.24, 2.45) is 5.92 Å². The van der Waals surface area contributed by atoms with Gasteiger partial charge in [0.05, 0.1) is 18.9 Å². The number of hydrogen-bond donors (Lipinski definition) is 1. The first-order valence-electron chi connectivity index (χ1n) is 10.1. The summed E-state index contributed by atoms with van der Waals surface area (Å²) < 4.78 is 34.9. The van der Waals surface area contributed by atoms with Gasteiger partial charge in [0.2, 0.25) is 0 Å². The van der Waals surface area contributed by atoms with Crippen LogP contribution in [-0.2, 0) is 14.2 Å². The van der Waals surface area contributed by atoms with Crippen LogP contribution in [0.1, 0.15) is 33.6 Å². The Morgan fingerprint density at radius 2 is 1.97 bits per heavy atom. The molecule has 0 spiro atoms. The van der Waals surface area contributed by atoms with Crippen LogP contribution in [0.25, 0.3) is 0 Å². The van der Waals surface area contributed by atoms with Crippen molar-refractivity contribution in [3.8, 4) is 5.75 Å². The van der Waals surface area contributed by atoms with Crippen LogP contribution in [0, 0.1) is 5.92 Å². The fraction of sp³-hybridized carbons (Fsp3) is 0.591. The van der Waals surface area contributed by atoms with Gasteiger partial charge in [0.15, 0.2) is 0 Å². The summed E-state index contributed by atoms with van der Waals surface area (Å²) in [7, 11) is 0. The molecule has 30 heavy (non-hydrogen) atoms. The van der Waals surface area contributed by atoms with E-state index in [0.717, 1.165) is 37.6 Å². The lowest BCUT2D eigenvalue weighted by Crippen LogP contribution is -2.34. The van der Waals surface area contributed by atoms with Crippen LogP contribution in [-0.4, -0.2) is 50.6 Å². The van der Waals surface area contributed by atoms with E-state index in [9.17, 15) is 9.18 Å². The van der Waals surface area contributed by atoms with Gasteiger partial charge in [-0.3, -0.25) is 0 Å². The van der Waals surface area contributed by atoms with E-state index in [1.54, 1.807) is 32.5 Å². The first-order chi connectivity index (χ1) is 14.4. The van der Waals surface area contributed by atoms with E-state index in [1.807, 2.05) is 24.3 Å². The smallest absolute Gasteiger partial charge is 0.407 e. The molecular weight excluding hydrogens is 409 g/mol. The molecule has 0 aliphatic carbocycles. The van der Waals surface area contributed by atoms with Crippen molar-refractivity contribution >= 4 is 17.9 Å². The summed E-state index contributed by atoms with van der Waals surface area (Å²) in [4.78, 5) is 12.7. The molecule has 1 aromatic rings. The van der Waals surface area contributed by atoms with Gasteiger partial charge >= 0.3 is 6.09 Å². The maximum absolute atomic E-state index is 13.1. The topological polar surface area (TPSA) is 66.0 Å². The highest BCUT2D eigenvalue weighted by Crippen LogP contribution is 2.23. The van der Waals surface area contributed by atoms with Crippen LogP contribution in [0.3, 0.4) is 0 Å². The second kappa shape index (κ2) is 12.8. The zero-order chi connectivity index (χ0) is 21.8. The standard InChI is InChI=1S/C22H32FNO5S/c1-22(2,3)29-21(25)24-13-18(12-23)15-28-19-4-6-20(7-5-19)30-16-27-14-17-8-10-26-11-9-17/h4-7,12,17H,8-11,13-16H2,1-3H3,(H,24,25)/b18-12+. The van der Waals surface area contributed by atoms with E-state index in [0.29, 0.717) is 29.5 Å². The van der Waals surface area contributed by atoms with Crippen molar-refractivity contribution in [3.63, 3.8) is 0 Å². The molecule has 1 amide bonds. The van der Waals surface area contributed by atoms with Crippen LogP contribution in [0.15, 0.2) is 41.1 Å². The van der Waals surface area contributed by atoms with Crippen molar-refractivity contribution in [3.05, 3.63) is 36.2 Å². The summed E-state index contributed by atoms with van der Waals surface area (Å²) in [5, 5.41) is 2.51. The lowest BCUT2D eigenvalue weighted by molar-refractivity contribution is 0.0314. The predicted octanol–water partition coefficient (Wildman–Crippen LogP) is 4.94. The molecule has 6 nitrogen and oxygen atoms in total. The van der Waals surface area contributed by atoms with Crippen LogP contribution in [0.2, 0.25) is 0 Å². The Balaban J connectivity index is 1.64. The number of nitrogens with one attached hydrogen (secondary N) is 1. The molecule has 8 heteroatoms. The number of ether oxygens (including phenoxy) is 4. The molecular formula is C22H32FNO5S. The molecule has 0 radical (unpaired) electrons. The molecule has 0 bridgehead atoms. The van der Waals surface area contributed by atoms with E-state index in [1.165, 1.54) is 0 Å². The van der Waals surface area contributed by atoms with Gasteiger partial charge < -0.3 is 24.3 Å². The quantitative estimate of drug-likeness (QED) is 0.315. The first-order valence-corrected chi connectivity index (χ1v) is 11.1. The predicted molar refractivity (Wildman–Crippen MR) is 116 cm³/mol. The van der Waals surface area contributed by atoms with Crippen molar-refractivity contribution in [2.75, 3.05) is 38.9 Å². The summed E-state index contributed by atoms with van der Waals surface area (Å²) in [6.07, 6.45) is 1.98. The molecule has 1 saturated heterocycles. The van der Waals surface area contributed by atoms with E-state index < -0.39 is 11.7 Å². The number of carbonyl (C=O) groups is 1. The molecule has 0 atom stereocenters. The fourth-order valence-corrected chi connectivity index (χ4v) is 3.31. The Kier molecular flexibility index (Phi) is 10.5. The molecule has 1 aliphatic rings. The average Bonchev–Trinajstić information content (AvgIpc) is 2.72. The normalized spacial score (nSPS) is 15.7. The van der Waals surface area contributed by atoms with E-state index in [-0.39, 0.29) is 13.2 Å². The van der Waals surface area contributed by atoms with Crippen LogP contribution < -0.4 is 10.1 Å². The maximum Gasteiger partial charge on any atom is 0.407 e. The zero-order valence-corrected chi connectivity index (χ0v) is 18.8. The van der Waals surface area contributed by atoms with Crippen molar-refractivity contribution < 1.29 is 28.1 Å². The van der Waals surface area contributed by atoms with E-state index in [4.69, 9.17) is 18.9 Å². The van der Waals surface area contributed by atoms with Crippen LogP contribution in [0.4, 0.5) is 9.18 Å². The van der Waals surface area contributed by atoms with Gasteiger partial charge in [-0.25, -0.2) is 9.18 Å². The monoisotopic (exact) mass is 441 g/mol. The minimum Gasteiger partial charge on any atom is -0.489 e. The molecule has 1 heterocycles. The Morgan fingerprint density at radius 1 is 1.27 bits per heavy atom.